The van der Waals surface area contributed by atoms with E-state index in [1.807, 2.05) is 42.6 Å². The van der Waals surface area contributed by atoms with Crippen LogP contribution in [0.3, 0.4) is 0 Å². The molecule has 1 fully saturated rings. The van der Waals surface area contributed by atoms with Crippen LogP contribution in [0.5, 0.6) is 0 Å². The van der Waals surface area contributed by atoms with Crippen LogP contribution in [0, 0.1) is 11.3 Å². The van der Waals surface area contributed by atoms with Gasteiger partial charge in [-0.15, -0.1) is 0 Å². The molecule has 3 heteroatoms. The van der Waals surface area contributed by atoms with Crippen molar-refractivity contribution in [1.82, 2.24) is 4.98 Å². The van der Waals surface area contributed by atoms with E-state index in [2.05, 4.69) is 16.4 Å². The fourth-order valence-electron chi connectivity index (χ4n) is 2.89. The van der Waals surface area contributed by atoms with Crippen molar-refractivity contribution in [3.8, 4) is 17.2 Å². The second-order valence-corrected chi connectivity index (χ2v) is 5.58. The van der Waals surface area contributed by atoms with Gasteiger partial charge in [-0.05, 0) is 24.5 Å². The van der Waals surface area contributed by atoms with Gasteiger partial charge in [0, 0.05) is 17.8 Å². The Morgan fingerprint density at radius 3 is 2.52 bits per heavy atom. The van der Waals surface area contributed by atoms with E-state index in [0.717, 1.165) is 16.9 Å². The molecule has 0 atom stereocenters. The predicted molar refractivity (Wildman–Crippen MR) is 84.9 cm³/mol. The lowest BCUT2D eigenvalue weighted by atomic mass is 9.95. The summed E-state index contributed by atoms with van der Waals surface area (Å²) in [5.41, 5.74) is 2.70. The molecule has 1 saturated carbocycles. The van der Waals surface area contributed by atoms with Crippen molar-refractivity contribution in [1.29, 1.82) is 5.26 Å². The van der Waals surface area contributed by atoms with Crippen molar-refractivity contribution in [2.75, 3.05) is 5.32 Å². The van der Waals surface area contributed by atoms with Crippen molar-refractivity contribution in [2.24, 2.45) is 0 Å². The van der Waals surface area contributed by atoms with Gasteiger partial charge in [0.05, 0.1) is 5.56 Å². The van der Waals surface area contributed by atoms with Crippen LogP contribution in [-0.4, -0.2) is 11.0 Å². The number of hydrogen-bond donors (Lipinski definition) is 1. The highest BCUT2D eigenvalue weighted by Gasteiger charge is 2.15. The SMILES string of the molecule is N#Cc1cc(-c2ccccc2)cnc1NC1CCCCC1. The van der Waals surface area contributed by atoms with Crippen LogP contribution in [0.4, 0.5) is 5.82 Å². The maximum absolute atomic E-state index is 9.39. The highest BCUT2D eigenvalue weighted by atomic mass is 15.0. The molecule has 1 heterocycles. The number of anilines is 1. The van der Waals surface area contributed by atoms with E-state index >= 15 is 0 Å². The van der Waals surface area contributed by atoms with Crippen LogP contribution in [0.1, 0.15) is 37.7 Å². The standard InChI is InChI=1S/C18H19N3/c19-12-15-11-16(14-7-3-1-4-8-14)13-20-18(15)21-17-9-5-2-6-10-17/h1,3-4,7-8,11,13,17H,2,5-6,9-10H2,(H,20,21). The fraction of sp³-hybridized carbons (Fsp3) is 0.333. The minimum absolute atomic E-state index is 0.459. The summed E-state index contributed by atoms with van der Waals surface area (Å²) in [6, 6.07) is 14.7. The molecule has 106 valence electrons. The molecule has 21 heavy (non-hydrogen) atoms. The second-order valence-electron chi connectivity index (χ2n) is 5.58. The molecule has 0 radical (unpaired) electrons. The van der Waals surface area contributed by atoms with Gasteiger partial charge in [-0.3, -0.25) is 0 Å². The number of nitrogens with one attached hydrogen (secondary N) is 1. The summed E-state index contributed by atoms with van der Waals surface area (Å²) in [6.07, 6.45) is 8.05. The van der Waals surface area contributed by atoms with Crippen molar-refractivity contribution in [3.05, 3.63) is 48.2 Å². The lowest BCUT2D eigenvalue weighted by Gasteiger charge is -2.23. The molecule has 1 aromatic heterocycles. The van der Waals surface area contributed by atoms with Gasteiger partial charge in [-0.2, -0.15) is 5.26 Å². The van der Waals surface area contributed by atoms with Crippen LogP contribution >= 0.6 is 0 Å². The van der Waals surface area contributed by atoms with Gasteiger partial charge in [-0.25, -0.2) is 4.98 Å². The molecule has 0 amide bonds. The third kappa shape index (κ3) is 3.22. The summed E-state index contributed by atoms with van der Waals surface area (Å²) < 4.78 is 0. The zero-order chi connectivity index (χ0) is 14.5. The first-order valence-corrected chi connectivity index (χ1v) is 7.59. The van der Waals surface area contributed by atoms with Gasteiger partial charge < -0.3 is 5.32 Å². The number of hydrogen-bond acceptors (Lipinski definition) is 3. The molecule has 0 spiro atoms. The van der Waals surface area contributed by atoms with E-state index in [9.17, 15) is 5.26 Å². The average Bonchev–Trinajstić information content (AvgIpc) is 2.57. The van der Waals surface area contributed by atoms with Crippen molar-refractivity contribution in [2.45, 2.75) is 38.1 Å². The van der Waals surface area contributed by atoms with Crippen molar-refractivity contribution < 1.29 is 0 Å². The van der Waals surface area contributed by atoms with Gasteiger partial charge in [0.2, 0.25) is 0 Å². The number of benzene rings is 1. The van der Waals surface area contributed by atoms with E-state index in [0.29, 0.717) is 11.6 Å². The summed E-state index contributed by atoms with van der Waals surface area (Å²) in [7, 11) is 0. The molecular formula is C18H19N3. The lowest BCUT2D eigenvalue weighted by molar-refractivity contribution is 0.462. The molecule has 0 aliphatic heterocycles. The Hall–Kier alpha value is -2.34. The molecule has 0 saturated heterocycles. The smallest absolute Gasteiger partial charge is 0.144 e. The first-order valence-electron chi connectivity index (χ1n) is 7.59. The normalized spacial score (nSPS) is 15.4. The van der Waals surface area contributed by atoms with Crippen LogP contribution in [0.2, 0.25) is 0 Å². The van der Waals surface area contributed by atoms with Gasteiger partial charge in [0.15, 0.2) is 0 Å². The Morgan fingerprint density at radius 2 is 1.81 bits per heavy atom. The Morgan fingerprint density at radius 1 is 1.05 bits per heavy atom. The minimum Gasteiger partial charge on any atom is -0.366 e. The maximum atomic E-state index is 9.39. The molecule has 0 unspecified atom stereocenters. The first kappa shape index (κ1) is 13.6. The molecule has 1 N–H and O–H groups in total. The van der Waals surface area contributed by atoms with Crippen molar-refractivity contribution >= 4 is 5.82 Å². The molecule has 1 aromatic carbocycles. The largest absolute Gasteiger partial charge is 0.366 e. The molecular weight excluding hydrogens is 258 g/mol. The third-order valence-corrected chi connectivity index (χ3v) is 4.06. The van der Waals surface area contributed by atoms with Gasteiger partial charge in [0.25, 0.3) is 0 Å². The third-order valence-electron chi connectivity index (χ3n) is 4.06. The van der Waals surface area contributed by atoms with Gasteiger partial charge in [0.1, 0.15) is 11.9 Å². The number of nitriles is 1. The Kier molecular flexibility index (Phi) is 4.16. The fourth-order valence-corrected chi connectivity index (χ4v) is 2.89. The number of pyridine rings is 1. The predicted octanol–water partition coefficient (Wildman–Crippen LogP) is 4.36. The number of rotatable bonds is 3. The Labute approximate surface area is 125 Å². The van der Waals surface area contributed by atoms with Crippen LogP contribution in [0.25, 0.3) is 11.1 Å². The summed E-state index contributed by atoms with van der Waals surface area (Å²) >= 11 is 0. The van der Waals surface area contributed by atoms with E-state index < -0.39 is 0 Å². The number of aromatic nitrogens is 1. The molecule has 3 nitrogen and oxygen atoms in total. The summed E-state index contributed by atoms with van der Waals surface area (Å²) in [4.78, 5) is 4.49. The Balaban J connectivity index is 1.84. The zero-order valence-electron chi connectivity index (χ0n) is 12.0. The average molecular weight is 277 g/mol. The zero-order valence-corrected chi connectivity index (χ0v) is 12.0. The summed E-state index contributed by atoms with van der Waals surface area (Å²) in [6.45, 7) is 0. The van der Waals surface area contributed by atoms with Gasteiger partial charge in [-0.1, -0.05) is 49.6 Å². The topological polar surface area (TPSA) is 48.7 Å². The van der Waals surface area contributed by atoms with Crippen LogP contribution < -0.4 is 5.32 Å². The minimum atomic E-state index is 0.459. The molecule has 3 rings (SSSR count). The highest BCUT2D eigenvalue weighted by Crippen LogP contribution is 2.25. The number of nitrogens with zero attached hydrogens (tertiary/aromatic N) is 2. The quantitative estimate of drug-likeness (QED) is 0.906. The first-order chi connectivity index (χ1) is 10.4. The van der Waals surface area contributed by atoms with Gasteiger partial charge >= 0.3 is 0 Å². The molecule has 1 aliphatic rings. The maximum Gasteiger partial charge on any atom is 0.144 e. The van der Waals surface area contributed by atoms with Crippen molar-refractivity contribution in [3.63, 3.8) is 0 Å². The van der Waals surface area contributed by atoms with Crippen LogP contribution in [-0.2, 0) is 0 Å². The van der Waals surface area contributed by atoms with E-state index in [1.54, 1.807) is 0 Å². The second kappa shape index (κ2) is 6.41. The van der Waals surface area contributed by atoms with E-state index in [4.69, 9.17) is 0 Å². The van der Waals surface area contributed by atoms with E-state index in [-0.39, 0.29) is 0 Å². The molecule has 1 aliphatic carbocycles. The summed E-state index contributed by atoms with van der Waals surface area (Å²) in [5, 5.41) is 12.8. The highest BCUT2D eigenvalue weighted by molar-refractivity contribution is 5.67. The molecule has 0 bridgehead atoms. The Bertz CT molecular complexity index is 637. The molecule has 2 aromatic rings. The van der Waals surface area contributed by atoms with E-state index in [1.165, 1.54) is 32.1 Å². The lowest BCUT2D eigenvalue weighted by Crippen LogP contribution is -2.23. The summed E-state index contributed by atoms with van der Waals surface area (Å²) in [5.74, 6) is 0.726. The monoisotopic (exact) mass is 277 g/mol. The van der Waals surface area contributed by atoms with Crippen LogP contribution in [0.15, 0.2) is 42.6 Å².